The molecular weight excluding hydrogens is 502 g/mol. The lowest BCUT2D eigenvalue weighted by atomic mass is 9.71. The Hall–Kier alpha value is -2.49. The fourth-order valence-corrected chi connectivity index (χ4v) is 8.18. The molecule has 3 aromatic carbocycles. The molecule has 198 valence electrons. The second-order valence-electron chi connectivity index (χ2n) is 11.3. The Labute approximate surface area is 222 Å². The number of rotatable bonds is 7. The fourth-order valence-electron chi connectivity index (χ4n) is 5.25. The molecule has 4 rings (SSSR count). The number of sulfonamides is 1. The van der Waals surface area contributed by atoms with Crippen molar-refractivity contribution >= 4 is 19.8 Å². The summed E-state index contributed by atoms with van der Waals surface area (Å²) < 4.78 is 36.9. The minimum Gasteiger partial charge on any atom is -0.508 e. The van der Waals surface area contributed by atoms with Crippen LogP contribution < -0.4 is 0 Å². The van der Waals surface area contributed by atoms with Gasteiger partial charge in [0.2, 0.25) is 10.0 Å². The summed E-state index contributed by atoms with van der Waals surface area (Å²) in [6.07, 6.45) is 0.943. The third-order valence-electron chi connectivity index (χ3n) is 6.90. The summed E-state index contributed by atoms with van der Waals surface area (Å²) in [6.45, 7) is 8.35. The summed E-state index contributed by atoms with van der Waals surface area (Å²) in [5.74, 6) is -0.0106. The topological polar surface area (TPSA) is 87.1 Å². The lowest BCUT2D eigenvalue weighted by Crippen LogP contribution is -2.67. The van der Waals surface area contributed by atoms with E-state index in [0.29, 0.717) is 12.8 Å². The van der Waals surface area contributed by atoms with Crippen molar-refractivity contribution in [1.29, 1.82) is 0 Å². The number of phenolic OH excluding ortho intramolecular Hbond substituents is 1. The highest BCUT2D eigenvalue weighted by Crippen LogP contribution is 2.48. The summed E-state index contributed by atoms with van der Waals surface area (Å²) in [4.78, 5) is 0.0658. The molecular formula is C29H37NO5SSi. The van der Waals surface area contributed by atoms with E-state index in [9.17, 15) is 18.6 Å². The number of nitrogens with zero attached hydrogens (tertiary/aromatic N) is 1. The van der Waals surface area contributed by atoms with Crippen molar-refractivity contribution < 1.29 is 23.1 Å². The number of benzene rings is 3. The van der Waals surface area contributed by atoms with E-state index in [4.69, 9.17) is 4.43 Å². The van der Waals surface area contributed by atoms with Gasteiger partial charge in [0.25, 0.3) is 0 Å². The van der Waals surface area contributed by atoms with Crippen LogP contribution in [0.2, 0.25) is 5.04 Å². The highest BCUT2D eigenvalue weighted by Gasteiger charge is 2.58. The zero-order chi connectivity index (χ0) is 26.9. The number of aliphatic hydroxyl groups is 1. The van der Waals surface area contributed by atoms with Gasteiger partial charge in [-0.2, -0.15) is 4.31 Å². The first kappa shape index (κ1) is 27.5. The normalized spacial score (nSPS) is 21.9. The van der Waals surface area contributed by atoms with Crippen LogP contribution in [-0.2, 0) is 20.1 Å². The molecule has 8 heteroatoms. The third kappa shape index (κ3) is 5.54. The second kappa shape index (κ2) is 10.3. The van der Waals surface area contributed by atoms with Crippen LogP contribution in [0.3, 0.4) is 0 Å². The monoisotopic (exact) mass is 539 g/mol. The zero-order valence-corrected chi connectivity index (χ0v) is 24.2. The van der Waals surface area contributed by atoms with Crippen molar-refractivity contribution in [3.8, 4) is 5.75 Å². The van der Waals surface area contributed by atoms with Crippen molar-refractivity contribution in [2.75, 3.05) is 6.54 Å². The molecule has 2 atom stereocenters. The van der Waals surface area contributed by atoms with Gasteiger partial charge in [0.1, 0.15) is 11.4 Å². The molecule has 1 aliphatic heterocycles. The van der Waals surface area contributed by atoms with E-state index in [0.717, 1.165) is 11.1 Å². The third-order valence-corrected chi connectivity index (χ3v) is 10.2. The van der Waals surface area contributed by atoms with Gasteiger partial charge in [-0.15, -0.1) is 0 Å². The maximum Gasteiger partial charge on any atom is 0.243 e. The molecule has 1 heterocycles. The number of piperidine rings is 1. The molecule has 0 saturated carbocycles. The molecule has 0 amide bonds. The van der Waals surface area contributed by atoms with Gasteiger partial charge in [-0.25, -0.2) is 8.42 Å². The van der Waals surface area contributed by atoms with E-state index in [1.54, 1.807) is 6.92 Å². The Morgan fingerprint density at radius 3 is 1.92 bits per heavy atom. The summed E-state index contributed by atoms with van der Waals surface area (Å²) >= 11 is 0. The molecule has 2 unspecified atom stereocenters. The van der Waals surface area contributed by atoms with Crippen LogP contribution in [0.15, 0.2) is 89.8 Å². The SMILES string of the molecule is CC(C)(C)[SiH2]OC(c1ccccc1)(c1ccccc1)C1N(S(=O)(=O)c2ccc(O)cc2)CCCC1(C)O. The maximum absolute atomic E-state index is 14.2. The average molecular weight is 540 g/mol. The molecule has 0 radical (unpaired) electrons. The minimum atomic E-state index is -4.05. The quantitative estimate of drug-likeness (QED) is 0.430. The molecule has 0 aromatic heterocycles. The van der Waals surface area contributed by atoms with E-state index < -0.39 is 37.0 Å². The van der Waals surface area contributed by atoms with E-state index >= 15 is 0 Å². The molecule has 1 fully saturated rings. The highest BCUT2D eigenvalue weighted by molar-refractivity contribution is 7.89. The van der Waals surface area contributed by atoms with Crippen LogP contribution in [0.25, 0.3) is 0 Å². The van der Waals surface area contributed by atoms with Gasteiger partial charge < -0.3 is 14.6 Å². The van der Waals surface area contributed by atoms with Crippen molar-refractivity contribution in [2.24, 2.45) is 0 Å². The largest absolute Gasteiger partial charge is 0.508 e. The Morgan fingerprint density at radius 1 is 0.919 bits per heavy atom. The second-order valence-corrected chi connectivity index (χ2v) is 15.9. The van der Waals surface area contributed by atoms with E-state index in [-0.39, 0.29) is 22.2 Å². The van der Waals surface area contributed by atoms with Crippen LogP contribution in [-0.4, -0.2) is 50.9 Å². The molecule has 0 spiro atoms. The molecule has 0 aliphatic carbocycles. The molecule has 3 aromatic rings. The van der Waals surface area contributed by atoms with Crippen molar-refractivity contribution in [3.05, 3.63) is 96.1 Å². The number of aromatic hydroxyl groups is 1. The fraction of sp³-hybridized carbons (Fsp3) is 0.379. The summed E-state index contributed by atoms with van der Waals surface area (Å²) in [6, 6.07) is 24.0. The predicted octanol–water partition coefficient (Wildman–Crippen LogP) is 4.56. The summed E-state index contributed by atoms with van der Waals surface area (Å²) in [5, 5.41) is 21.7. The number of hydrogen-bond donors (Lipinski definition) is 2. The van der Waals surface area contributed by atoms with Crippen molar-refractivity contribution in [2.45, 2.75) is 67.7 Å². The van der Waals surface area contributed by atoms with Crippen LogP contribution in [0.5, 0.6) is 5.75 Å². The van der Waals surface area contributed by atoms with Gasteiger partial charge in [0, 0.05) is 6.54 Å². The van der Waals surface area contributed by atoms with E-state index in [1.165, 1.54) is 28.6 Å². The first-order chi connectivity index (χ1) is 17.4. The van der Waals surface area contributed by atoms with E-state index in [2.05, 4.69) is 20.8 Å². The molecule has 6 nitrogen and oxygen atoms in total. The molecule has 1 saturated heterocycles. The molecule has 1 aliphatic rings. The lowest BCUT2D eigenvalue weighted by Gasteiger charge is -2.54. The van der Waals surface area contributed by atoms with Crippen LogP contribution in [0.4, 0.5) is 0 Å². The van der Waals surface area contributed by atoms with Crippen molar-refractivity contribution in [1.82, 2.24) is 4.31 Å². The van der Waals surface area contributed by atoms with E-state index in [1.807, 2.05) is 60.7 Å². The summed E-state index contributed by atoms with van der Waals surface area (Å²) in [7, 11) is -5.29. The van der Waals surface area contributed by atoms with Gasteiger partial charge in [0.15, 0.2) is 9.76 Å². The van der Waals surface area contributed by atoms with Crippen LogP contribution in [0, 0.1) is 0 Å². The predicted molar refractivity (Wildman–Crippen MR) is 149 cm³/mol. The Morgan fingerprint density at radius 2 is 1.43 bits per heavy atom. The van der Waals surface area contributed by atoms with Crippen molar-refractivity contribution in [3.63, 3.8) is 0 Å². The lowest BCUT2D eigenvalue weighted by molar-refractivity contribution is -0.112. The van der Waals surface area contributed by atoms with Gasteiger partial charge in [-0.3, -0.25) is 0 Å². The van der Waals surface area contributed by atoms with Gasteiger partial charge >= 0.3 is 0 Å². The van der Waals surface area contributed by atoms with Crippen LogP contribution in [0.1, 0.15) is 51.7 Å². The molecule has 37 heavy (non-hydrogen) atoms. The summed E-state index contributed by atoms with van der Waals surface area (Å²) in [5.41, 5.74) is -1.03. The van der Waals surface area contributed by atoms with Gasteiger partial charge in [-0.05, 0) is 60.2 Å². The molecule has 2 N–H and O–H groups in total. The number of phenols is 1. The Bertz CT molecular complexity index is 1250. The minimum absolute atomic E-state index is 0.0106. The maximum atomic E-state index is 14.2. The molecule has 0 bridgehead atoms. The standard InChI is InChI=1S/C29H37NO5SSi/c1-27(2,3)37-35-29(22-12-7-5-8-13-22,23-14-9-6-10-15-23)26-28(4,32)20-11-21-30(26)36(33,34)25-18-16-24(31)17-19-25/h5-10,12-19,26,31-32H,11,20-21,37H2,1-4H3. The van der Waals surface area contributed by atoms with Gasteiger partial charge in [-0.1, -0.05) is 81.4 Å². The van der Waals surface area contributed by atoms with Crippen LogP contribution >= 0.6 is 0 Å². The smallest absolute Gasteiger partial charge is 0.243 e. The van der Waals surface area contributed by atoms with Gasteiger partial charge in [0.05, 0.1) is 16.5 Å². The number of hydrogen-bond acceptors (Lipinski definition) is 5. The first-order valence-corrected chi connectivity index (χ1v) is 15.4. The highest BCUT2D eigenvalue weighted by atomic mass is 32.2. The Kier molecular flexibility index (Phi) is 7.70. The average Bonchev–Trinajstić information content (AvgIpc) is 2.85. The zero-order valence-electron chi connectivity index (χ0n) is 22.0. The first-order valence-electron chi connectivity index (χ1n) is 12.7. The Balaban J connectivity index is 2.02.